The van der Waals surface area contributed by atoms with E-state index in [2.05, 4.69) is 6.58 Å². The van der Waals surface area contributed by atoms with Gasteiger partial charge in [0.05, 0.1) is 0 Å². The number of carbonyl (C=O) groups is 3. The number of allylic oxidation sites excluding steroid dienone is 1. The van der Waals surface area contributed by atoms with Crippen molar-refractivity contribution in [2.75, 3.05) is 0 Å². The van der Waals surface area contributed by atoms with Gasteiger partial charge in [-0.25, -0.2) is 4.79 Å². The Bertz CT molecular complexity index is 509. The first-order chi connectivity index (χ1) is 10.2. The van der Waals surface area contributed by atoms with Crippen LogP contribution in [-0.2, 0) is 9.59 Å². The highest BCUT2D eigenvalue weighted by Crippen LogP contribution is 2.43. The fourth-order valence-electron chi connectivity index (χ4n) is 3.08. The van der Waals surface area contributed by atoms with Crippen LogP contribution in [0.15, 0.2) is 12.7 Å². The lowest BCUT2D eigenvalue weighted by Gasteiger charge is -2.52. The van der Waals surface area contributed by atoms with Gasteiger partial charge in [0.2, 0.25) is 11.8 Å². The minimum absolute atomic E-state index is 0.203. The standard InChI is InChI=1S/C16H30N2O3Si2/c1-10-11-16(12(2)3)13(19)17(22(4,5)6)15(21)18(14(16)20)23(7,8)9/h10,12H,1,11H2,2-9H3. The summed E-state index contributed by atoms with van der Waals surface area (Å²) in [6.07, 6.45) is 1.88. The molecule has 0 aromatic rings. The molecule has 1 saturated heterocycles. The van der Waals surface area contributed by atoms with Crippen molar-refractivity contribution in [2.24, 2.45) is 11.3 Å². The van der Waals surface area contributed by atoms with Crippen LogP contribution in [0.25, 0.3) is 0 Å². The molecule has 0 bridgehead atoms. The van der Waals surface area contributed by atoms with Gasteiger partial charge in [-0.1, -0.05) is 59.2 Å². The lowest BCUT2D eigenvalue weighted by Crippen LogP contribution is -2.75. The Morgan fingerprint density at radius 2 is 1.30 bits per heavy atom. The minimum Gasteiger partial charge on any atom is -0.294 e. The molecule has 5 nitrogen and oxygen atoms in total. The number of urea groups is 1. The highest BCUT2D eigenvalue weighted by atomic mass is 28.3. The summed E-state index contributed by atoms with van der Waals surface area (Å²) >= 11 is 0. The van der Waals surface area contributed by atoms with Gasteiger partial charge in [-0.2, -0.15) is 0 Å². The summed E-state index contributed by atoms with van der Waals surface area (Å²) in [7, 11) is -4.54. The average molecular weight is 355 g/mol. The van der Waals surface area contributed by atoms with Crippen LogP contribution in [0.2, 0.25) is 39.3 Å². The number of hydrogen-bond acceptors (Lipinski definition) is 3. The van der Waals surface area contributed by atoms with Crippen molar-refractivity contribution >= 4 is 34.3 Å². The Morgan fingerprint density at radius 3 is 1.52 bits per heavy atom. The van der Waals surface area contributed by atoms with Crippen LogP contribution in [0.4, 0.5) is 4.79 Å². The van der Waals surface area contributed by atoms with E-state index in [1.54, 1.807) is 6.08 Å². The average Bonchev–Trinajstić information content (AvgIpc) is 2.30. The Hall–Kier alpha value is -1.22. The summed E-state index contributed by atoms with van der Waals surface area (Å²) < 4.78 is 2.83. The van der Waals surface area contributed by atoms with E-state index in [4.69, 9.17) is 0 Å². The highest BCUT2D eigenvalue weighted by molar-refractivity contribution is 6.82. The molecule has 1 aliphatic rings. The molecule has 0 aromatic carbocycles. The molecule has 0 atom stereocenters. The van der Waals surface area contributed by atoms with Gasteiger partial charge < -0.3 is 0 Å². The van der Waals surface area contributed by atoms with Crippen molar-refractivity contribution in [3.63, 3.8) is 0 Å². The lowest BCUT2D eigenvalue weighted by molar-refractivity contribution is -0.156. The van der Waals surface area contributed by atoms with Gasteiger partial charge in [-0.3, -0.25) is 18.7 Å². The van der Waals surface area contributed by atoms with E-state index in [0.29, 0.717) is 0 Å². The minimum atomic E-state index is -2.27. The van der Waals surface area contributed by atoms with E-state index in [0.717, 1.165) is 0 Å². The maximum atomic E-state index is 13.3. The van der Waals surface area contributed by atoms with E-state index in [9.17, 15) is 14.4 Å². The van der Waals surface area contributed by atoms with Crippen LogP contribution < -0.4 is 0 Å². The van der Waals surface area contributed by atoms with Gasteiger partial charge in [0.1, 0.15) is 5.41 Å². The second kappa shape index (κ2) is 6.01. The van der Waals surface area contributed by atoms with E-state index >= 15 is 0 Å². The second-order valence-corrected chi connectivity index (χ2v) is 18.1. The number of nitrogens with zero attached hydrogens (tertiary/aromatic N) is 2. The third-order valence-corrected chi connectivity index (χ3v) is 7.82. The molecule has 1 fully saturated rings. The van der Waals surface area contributed by atoms with Crippen molar-refractivity contribution in [3.8, 4) is 0 Å². The maximum Gasteiger partial charge on any atom is 0.317 e. The molecule has 0 aliphatic carbocycles. The maximum absolute atomic E-state index is 13.3. The number of imide groups is 2. The molecule has 0 N–H and O–H groups in total. The lowest BCUT2D eigenvalue weighted by atomic mass is 9.72. The zero-order valence-corrected chi connectivity index (χ0v) is 17.7. The second-order valence-electron chi connectivity index (χ2n) is 8.52. The monoisotopic (exact) mass is 354 g/mol. The van der Waals surface area contributed by atoms with Crippen LogP contribution in [0, 0.1) is 11.3 Å². The first kappa shape index (κ1) is 19.8. The van der Waals surface area contributed by atoms with Crippen molar-refractivity contribution in [1.29, 1.82) is 0 Å². The number of rotatable bonds is 5. The molecular formula is C16H30N2O3Si2. The summed E-state index contributed by atoms with van der Waals surface area (Å²) in [5.41, 5.74) is -1.21. The number of amides is 4. The molecule has 1 rings (SSSR count). The molecule has 130 valence electrons. The third kappa shape index (κ3) is 3.08. The van der Waals surface area contributed by atoms with Crippen molar-refractivity contribution < 1.29 is 14.4 Å². The quantitative estimate of drug-likeness (QED) is 0.430. The third-order valence-electron chi connectivity index (χ3n) is 4.35. The van der Waals surface area contributed by atoms with Gasteiger partial charge in [-0.15, -0.1) is 6.58 Å². The smallest absolute Gasteiger partial charge is 0.294 e. The Kier molecular flexibility index (Phi) is 5.18. The predicted molar refractivity (Wildman–Crippen MR) is 97.9 cm³/mol. The van der Waals surface area contributed by atoms with Gasteiger partial charge in [0.25, 0.3) is 0 Å². The molecule has 0 saturated carbocycles. The van der Waals surface area contributed by atoms with E-state index in [1.807, 2.05) is 53.1 Å². The van der Waals surface area contributed by atoms with Crippen molar-refractivity contribution in [3.05, 3.63) is 12.7 Å². The molecule has 0 radical (unpaired) electrons. The predicted octanol–water partition coefficient (Wildman–Crippen LogP) is 3.67. The Labute approximate surface area is 141 Å². The number of barbiturate groups is 1. The van der Waals surface area contributed by atoms with Crippen molar-refractivity contribution in [1.82, 2.24) is 9.13 Å². The zero-order chi connectivity index (χ0) is 18.4. The number of hydrogen-bond donors (Lipinski definition) is 0. The summed E-state index contributed by atoms with van der Waals surface area (Å²) in [6.45, 7) is 19.2. The van der Waals surface area contributed by atoms with Gasteiger partial charge in [0, 0.05) is 0 Å². The molecule has 1 aliphatic heterocycles. The van der Waals surface area contributed by atoms with E-state index in [1.165, 1.54) is 9.13 Å². The van der Waals surface area contributed by atoms with Crippen molar-refractivity contribution in [2.45, 2.75) is 59.6 Å². The fraction of sp³-hybridized carbons (Fsp3) is 0.688. The van der Waals surface area contributed by atoms with Gasteiger partial charge in [-0.05, 0) is 12.3 Å². The molecular weight excluding hydrogens is 324 g/mol. The zero-order valence-electron chi connectivity index (χ0n) is 15.7. The highest BCUT2D eigenvalue weighted by Gasteiger charge is 2.61. The molecule has 1 heterocycles. The first-order valence-corrected chi connectivity index (χ1v) is 15.0. The fourth-order valence-corrected chi connectivity index (χ4v) is 6.14. The van der Waals surface area contributed by atoms with Crippen LogP contribution in [0.3, 0.4) is 0 Å². The molecule has 4 amide bonds. The van der Waals surface area contributed by atoms with Crippen LogP contribution in [-0.4, -0.2) is 43.4 Å². The molecule has 7 heteroatoms. The topological polar surface area (TPSA) is 57.7 Å². The van der Waals surface area contributed by atoms with Crippen LogP contribution in [0.1, 0.15) is 20.3 Å². The van der Waals surface area contributed by atoms with Crippen LogP contribution in [0.5, 0.6) is 0 Å². The largest absolute Gasteiger partial charge is 0.317 e. The van der Waals surface area contributed by atoms with Gasteiger partial charge >= 0.3 is 6.03 Å². The Balaban J connectivity index is 3.71. The van der Waals surface area contributed by atoms with Crippen LogP contribution >= 0.6 is 0 Å². The normalized spacial score (nSPS) is 19.6. The summed E-state index contributed by atoms with van der Waals surface area (Å²) in [5.74, 6) is -0.876. The SMILES string of the molecule is C=CCC1(C(C)C)C(=O)N([Si](C)(C)C)C(=O)N([Si](C)(C)C)C1=O. The summed E-state index contributed by atoms with van der Waals surface area (Å²) in [5, 5.41) is 0. The molecule has 0 unspecified atom stereocenters. The molecule has 0 aromatic heterocycles. The summed E-state index contributed by atoms with van der Waals surface area (Å²) in [4.78, 5) is 39.6. The number of carbonyl (C=O) groups excluding carboxylic acids is 3. The van der Waals surface area contributed by atoms with E-state index < -0.39 is 27.9 Å². The molecule has 0 spiro atoms. The molecule has 23 heavy (non-hydrogen) atoms. The van der Waals surface area contributed by atoms with Gasteiger partial charge in [0.15, 0.2) is 16.5 Å². The summed E-state index contributed by atoms with van der Waals surface area (Å²) in [6, 6.07) is -0.418. The van der Waals surface area contributed by atoms with E-state index in [-0.39, 0.29) is 24.2 Å². The Morgan fingerprint density at radius 1 is 0.957 bits per heavy atom. The first-order valence-electron chi connectivity index (χ1n) is 8.07.